The molecule has 0 saturated heterocycles. The summed E-state index contributed by atoms with van der Waals surface area (Å²) in [5.41, 5.74) is 3.28. The lowest BCUT2D eigenvalue weighted by atomic mass is 10.1. The van der Waals surface area contributed by atoms with Gasteiger partial charge >= 0.3 is 12.1 Å². The van der Waals surface area contributed by atoms with E-state index in [0.717, 1.165) is 24.4 Å². The normalized spacial score (nSPS) is 20.0. The minimum atomic E-state index is -5.25. The van der Waals surface area contributed by atoms with Gasteiger partial charge in [0.2, 0.25) is 0 Å². The van der Waals surface area contributed by atoms with Crippen LogP contribution < -0.4 is 10.4 Å². The van der Waals surface area contributed by atoms with Crippen molar-refractivity contribution in [2.45, 2.75) is 37.4 Å². The van der Waals surface area contributed by atoms with Crippen LogP contribution in [0, 0.1) is 5.92 Å². The van der Waals surface area contributed by atoms with E-state index in [0.29, 0.717) is 21.3 Å². The minimum Gasteiger partial charge on any atom is -0.324 e. The molecule has 0 bridgehead atoms. The molecule has 1 N–H and O–H groups in total. The fraction of sp³-hybridized carbons (Fsp3) is 0.348. The predicted octanol–water partition coefficient (Wildman–Crippen LogP) is 4.82. The van der Waals surface area contributed by atoms with Crippen molar-refractivity contribution in [2.75, 3.05) is 11.6 Å². The molecule has 0 aliphatic heterocycles. The summed E-state index contributed by atoms with van der Waals surface area (Å²) < 4.78 is 39.4. The van der Waals surface area contributed by atoms with Crippen LogP contribution >= 0.6 is 11.3 Å². The van der Waals surface area contributed by atoms with Crippen LogP contribution in [-0.2, 0) is 9.63 Å². The van der Waals surface area contributed by atoms with E-state index in [4.69, 9.17) is 0 Å². The van der Waals surface area contributed by atoms with Crippen molar-refractivity contribution in [1.82, 2.24) is 10.3 Å². The summed E-state index contributed by atoms with van der Waals surface area (Å²) >= 11 is 1.26. The monoisotopic (exact) mass is 475 g/mol. The highest BCUT2D eigenvalue weighted by Crippen LogP contribution is 2.42. The molecule has 2 fully saturated rings. The number of benzene rings is 2. The number of carbonyl (C=O) groups is 2. The topological polar surface area (TPSA) is 71.5 Å². The predicted molar refractivity (Wildman–Crippen MR) is 117 cm³/mol. The third-order valence-electron chi connectivity index (χ3n) is 5.86. The van der Waals surface area contributed by atoms with Crippen LogP contribution in [0.5, 0.6) is 0 Å². The molecule has 2 atom stereocenters. The van der Waals surface area contributed by atoms with Gasteiger partial charge in [-0.2, -0.15) is 13.2 Å². The first kappa shape index (κ1) is 21.8. The second-order valence-electron chi connectivity index (χ2n) is 8.41. The SMILES string of the molecule is O=C(c1cccc(C2CC2NCC2CC2)c1)N(OC(=O)C(F)(F)F)c1ccc2ncsc2c1. The van der Waals surface area contributed by atoms with Gasteiger partial charge in [-0.05, 0) is 67.6 Å². The van der Waals surface area contributed by atoms with Gasteiger partial charge in [-0.25, -0.2) is 9.78 Å². The van der Waals surface area contributed by atoms with Gasteiger partial charge in [0, 0.05) is 17.5 Å². The summed E-state index contributed by atoms with van der Waals surface area (Å²) in [6, 6.07) is 11.5. The zero-order valence-corrected chi connectivity index (χ0v) is 18.2. The van der Waals surface area contributed by atoms with Crippen LogP contribution in [0.25, 0.3) is 10.2 Å². The number of nitrogens with zero attached hydrogens (tertiary/aromatic N) is 2. The van der Waals surface area contributed by atoms with E-state index in [1.807, 2.05) is 6.07 Å². The third kappa shape index (κ3) is 4.86. The molecule has 2 aromatic carbocycles. The Labute approximate surface area is 191 Å². The number of hydrogen-bond acceptors (Lipinski definition) is 6. The molecular formula is C23H20F3N3O3S. The average molecular weight is 475 g/mol. The van der Waals surface area contributed by atoms with Gasteiger partial charge in [0.05, 0.1) is 21.4 Å². The molecule has 2 aliphatic rings. The fourth-order valence-electron chi connectivity index (χ4n) is 3.76. The molecule has 1 aromatic heterocycles. The number of thiazole rings is 1. The molecule has 1 heterocycles. The lowest BCUT2D eigenvalue weighted by Gasteiger charge is -2.22. The van der Waals surface area contributed by atoms with Gasteiger partial charge < -0.3 is 10.2 Å². The third-order valence-corrected chi connectivity index (χ3v) is 6.65. The Morgan fingerprint density at radius 2 is 2.00 bits per heavy atom. The van der Waals surface area contributed by atoms with E-state index >= 15 is 0 Å². The van der Waals surface area contributed by atoms with Gasteiger partial charge in [0.25, 0.3) is 5.91 Å². The standard InChI is InChI=1S/C23H20F3N3O3S/c24-23(25,26)22(31)32-29(16-6-7-18-20(9-16)33-12-28-18)21(30)15-3-1-2-14(8-15)17-10-19(17)27-11-13-4-5-13/h1-3,6-9,12-13,17,19,27H,4-5,10-11H2. The fourth-order valence-corrected chi connectivity index (χ4v) is 4.47. The van der Waals surface area contributed by atoms with Crippen LogP contribution in [0.2, 0.25) is 0 Å². The number of hydrogen-bond donors (Lipinski definition) is 1. The lowest BCUT2D eigenvalue weighted by Crippen LogP contribution is -2.38. The molecule has 5 rings (SSSR count). The summed E-state index contributed by atoms with van der Waals surface area (Å²) in [7, 11) is 0. The maximum absolute atomic E-state index is 13.2. The molecule has 6 nitrogen and oxygen atoms in total. The summed E-state index contributed by atoms with van der Waals surface area (Å²) in [6.45, 7) is 0.987. The van der Waals surface area contributed by atoms with Crippen molar-refractivity contribution >= 4 is 39.1 Å². The van der Waals surface area contributed by atoms with Gasteiger partial charge in [0.1, 0.15) is 0 Å². The van der Waals surface area contributed by atoms with E-state index in [-0.39, 0.29) is 17.2 Å². The molecule has 33 heavy (non-hydrogen) atoms. The molecule has 0 spiro atoms. The van der Waals surface area contributed by atoms with E-state index in [2.05, 4.69) is 15.1 Å². The Morgan fingerprint density at radius 1 is 1.18 bits per heavy atom. The second-order valence-corrected chi connectivity index (χ2v) is 9.29. The molecular weight excluding hydrogens is 455 g/mol. The maximum Gasteiger partial charge on any atom is 0.493 e. The Morgan fingerprint density at radius 3 is 2.76 bits per heavy atom. The molecule has 1 amide bonds. The second kappa shape index (κ2) is 8.42. The van der Waals surface area contributed by atoms with Crippen LogP contribution in [0.15, 0.2) is 48.0 Å². The molecule has 2 aliphatic carbocycles. The van der Waals surface area contributed by atoms with Crippen molar-refractivity contribution < 1.29 is 27.6 Å². The Balaban J connectivity index is 1.40. The number of aromatic nitrogens is 1. The number of amides is 1. The number of alkyl halides is 3. The summed E-state index contributed by atoms with van der Waals surface area (Å²) in [5, 5.41) is 3.93. The number of nitrogens with one attached hydrogen (secondary N) is 1. The van der Waals surface area contributed by atoms with Crippen molar-refractivity contribution in [3.05, 3.63) is 59.1 Å². The van der Waals surface area contributed by atoms with Crippen molar-refractivity contribution in [2.24, 2.45) is 5.92 Å². The quantitative estimate of drug-likeness (QED) is 0.518. The first-order chi connectivity index (χ1) is 15.8. The van der Waals surface area contributed by atoms with Crippen LogP contribution in [0.4, 0.5) is 18.9 Å². The number of halogens is 3. The first-order valence-electron chi connectivity index (χ1n) is 10.6. The lowest BCUT2D eigenvalue weighted by molar-refractivity contribution is -0.199. The van der Waals surface area contributed by atoms with Crippen molar-refractivity contribution in [3.8, 4) is 0 Å². The van der Waals surface area contributed by atoms with Crippen LogP contribution in [0.1, 0.15) is 41.1 Å². The number of carbonyl (C=O) groups excluding carboxylic acids is 2. The van der Waals surface area contributed by atoms with Gasteiger partial charge in [-0.3, -0.25) is 4.79 Å². The highest BCUT2D eigenvalue weighted by molar-refractivity contribution is 7.16. The molecule has 3 aromatic rings. The maximum atomic E-state index is 13.2. The van der Waals surface area contributed by atoms with Crippen LogP contribution in [-0.4, -0.2) is 35.6 Å². The number of anilines is 1. The molecule has 2 unspecified atom stereocenters. The van der Waals surface area contributed by atoms with Gasteiger partial charge in [-0.1, -0.05) is 12.1 Å². The minimum absolute atomic E-state index is 0.00940. The average Bonchev–Trinajstić information content (AvgIpc) is 3.71. The first-order valence-corrected chi connectivity index (χ1v) is 11.5. The molecule has 0 radical (unpaired) electrons. The number of hydroxylamine groups is 1. The van der Waals surface area contributed by atoms with E-state index in [1.54, 1.807) is 23.7 Å². The Kier molecular flexibility index (Phi) is 5.57. The van der Waals surface area contributed by atoms with E-state index in [1.165, 1.54) is 42.4 Å². The van der Waals surface area contributed by atoms with E-state index in [9.17, 15) is 22.8 Å². The molecule has 2 saturated carbocycles. The molecule has 172 valence electrons. The van der Waals surface area contributed by atoms with Gasteiger partial charge in [-0.15, -0.1) is 16.4 Å². The number of rotatable bonds is 6. The number of fused-ring (bicyclic) bond motifs is 1. The highest BCUT2D eigenvalue weighted by atomic mass is 32.1. The largest absolute Gasteiger partial charge is 0.493 e. The van der Waals surface area contributed by atoms with Crippen molar-refractivity contribution in [1.29, 1.82) is 0 Å². The van der Waals surface area contributed by atoms with Crippen molar-refractivity contribution in [3.63, 3.8) is 0 Å². The highest BCUT2D eigenvalue weighted by Gasteiger charge is 2.44. The zero-order chi connectivity index (χ0) is 23.2. The molecule has 10 heteroatoms. The Bertz CT molecular complexity index is 1210. The summed E-state index contributed by atoms with van der Waals surface area (Å²) in [4.78, 5) is 33.5. The van der Waals surface area contributed by atoms with Crippen LogP contribution in [0.3, 0.4) is 0 Å². The zero-order valence-electron chi connectivity index (χ0n) is 17.3. The van der Waals surface area contributed by atoms with Gasteiger partial charge in [0.15, 0.2) is 0 Å². The van der Waals surface area contributed by atoms with E-state index < -0.39 is 18.1 Å². The summed E-state index contributed by atoms with van der Waals surface area (Å²) in [6.07, 6.45) is -1.79. The summed E-state index contributed by atoms with van der Waals surface area (Å²) in [5.74, 6) is -2.33. The smallest absolute Gasteiger partial charge is 0.324 e. The Hall–Kier alpha value is -2.98.